The summed E-state index contributed by atoms with van der Waals surface area (Å²) in [5.41, 5.74) is 2.45. The minimum atomic E-state index is -0.142. The molecule has 1 unspecified atom stereocenters. The summed E-state index contributed by atoms with van der Waals surface area (Å²) in [4.78, 5) is 2.30. The molecule has 1 heterocycles. The lowest BCUT2D eigenvalue weighted by Crippen LogP contribution is -2.46. The van der Waals surface area contributed by atoms with Crippen molar-refractivity contribution >= 4 is 5.69 Å². The fraction of sp³-hybridized carbons (Fsp3) is 0.600. The normalized spacial score (nSPS) is 16.8. The number of benzene rings is 1. The number of fused-ring (bicyclic) bond motifs is 1. The van der Waals surface area contributed by atoms with Gasteiger partial charge in [0.2, 0.25) is 0 Å². The van der Waals surface area contributed by atoms with Crippen LogP contribution in [-0.2, 0) is 6.42 Å². The summed E-state index contributed by atoms with van der Waals surface area (Å²) in [5.74, 6) is -0.142. The molecule has 2 rings (SSSR count). The first-order valence-electron chi connectivity index (χ1n) is 6.67. The van der Waals surface area contributed by atoms with Gasteiger partial charge < -0.3 is 10.2 Å². The third kappa shape index (κ3) is 3.02. The number of hydrogen-bond acceptors (Lipinski definition) is 2. The molecule has 0 radical (unpaired) electrons. The summed E-state index contributed by atoms with van der Waals surface area (Å²) in [5, 5.41) is 3.51. The minimum Gasteiger partial charge on any atom is -0.367 e. The van der Waals surface area contributed by atoms with E-state index in [0.29, 0.717) is 6.04 Å². The van der Waals surface area contributed by atoms with Gasteiger partial charge in [-0.1, -0.05) is 6.07 Å². The number of halogens is 1. The maximum atomic E-state index is 13.3. The molecule has 0 bridgehead atoms. The molecule has 1 aliphatic rings. The molecule has 0 aliphatic carbocycles. The highest BCUT2D eigenvalue weighted by Gasteiger charge is 2.24. The highest BCUT2D eigenvalue weighted by atomic mass is 19.1. The van der Waals surface area contributed by atoms with Gasteiger partial charge in [-0.05, 0) is 51.8 Å². The van der Waals surface area contributed by atoms with Crippen molar-refractivity contribution in [3.8, 4) is 0 Å². The smallest absolute Gasteiger partial charge is 0.125 e. The number of anilines is 1. The second-order valence-electron chi connectivity index (χ2n) is 6.20. The molecule has 1 N–H and O–H groups in total. The fourth-order valence-electron chi connectivity index (χ4n) is 2.40. The van der Waals surface area contributed by atoms with E-state index in [1.807, 2.05) is 6.07 Å². The molecule has 0 fully saturated rings. The van der Waals surface area contributed by atoms with E-state index in [1.165, 1.54) is 5.56 Å². The summed E-state index contributed by atoms with van der Waals surface area (Å²) < 4.78 is 13.3. The van der Waals surface area contributed by atoms with E-state index >= 15 is 0 Å². The molecule has 2 nitrogen and oxygen atoms in total. The average molecular weight is 250 g/mol. The molecule has 100 valence electrons. The first kappa shape index (κ1) is 13.3. The van der Waals surface area contributed by atoms with Gasteiger partial charge in [0, 0.05) is 30.4 Å². The van der Waals surface area contributed by atoms with Crippen LogP contribution in [0.25, 0.3) is 0 Å². The van der Waals surface area contributed by atoms with Crippen molar-refractivity contribution < 1.29 is 4.39 Å². The first-order valence-corrected chi connectivity index (χ1v) is 6.67. The second kappa shape index (κ2) is 4.88. The Morgan fingerprint density at radius 2 is 2.11 bits per heavy atom. The van der Waals surface area contributed by atoms with E-state index in [4.69, 9.17) is 0 Å². The Labute approximate surface area is 109 Å². The third-order valence-corrected chi connectivity index (χ3v) is 3.44. The van der Waals surface area contributed by atoms with Crippen LogP contribution in [0.1, 0.15) is 33.3 Å². The van der Waals surface area contributed by atoms with Gasteiger partial charge in [0.05, 0.1) is 0 Å². The lowest BCUT2D eigenvalue weighted by Gasteiger charge is -2.31. The Kier molecular flexibility index (Phi) is 3.62. The molecular formula is C15H23FN2. The zero-order chi connectivity index (χ0) is 13.3. The van der Waals surface area contributed by atoms with Gasteiger partial charge in [0.15, 0.2) is 0 Å². The lowest BCUT2D eigenvalue weighted by molar-refractivity contribution is 0.406. The summed E-state index contributed by atoms with van der Waals surface area (Å²) in [6, 6.07) is 5.51. The van der Waals surface area contributed by atoms with Crippen molar-refractivity contribution in [1.82, 2.24) is 5.32 Å². The molecule has 0 amide bonds. The molecule has 1 aromatic rings. The zero-order valence-corrected chi connectivity index (χ0v) is 11.8. The zero-order valence-electron chi connectivity index (χ0n) is 11.8. The Bertz CT molecular complexity index is 423. The Hall–Kier alpha value is -1.09. The fourth-order valence-corrected chi connectivity index (χ4v) is 2.40. The monoisotopic (exact) mass is 250 g/mol. The van der Waals surface area contributed by atoms with Crippen LogP contribution in [0.4, 0.5) is 10.1 Å². The highest BCUT2D eigenvalue weighted by Crippen LogP contribution is 2.30. The van der Waals surface area contributed by atoms with Crippen LogP contribution in [0.5, 0.6) is 0 Å². The summed E-state index contributed by atoms with van der Waals surface area (Å²) in [7, 11) is 0. The van der Waals surface area contributed by atoms with E-state index in [0.717, 1.165) is 25.2 Å². The predicted octanol–water partition coefficient (Wildman–Crippen LogP) is 2.96. The molecule has 0 aromatic heterocycles. The van der Waals surface area contributed by atoms with Gasteiger partial charge in [-0.3, -0.25) is 0 Å². The minimum absolute atomic E-state index is 0.124. The SMILES string of the molecule is CC(CNC(C)(C)C)N1CCc2ccc(F)cc21. The number of hydrogen-bond donors (Lipinski definition) is 1. The summed E-state index contributed by atoms with van der Waals surface area (Å²) in [6.07, 6.45) is 1.02. The van der Waals surface area contributed by atoms with Crippen LogP contribution < -0.4 is 10.2 Å². The molecule has 3 heteroatoms. The maximum absolute atomic E-state index is 13.3. The molecule has 18 heavy (non-hydrogen) atoms. The van der Waals surface area contributed by atoms with Crippen LogP contribution in [-0.4, -0.2) is 24.7 Å². The molecular weight excluding hydrogens is 227 g/mol. The van der Waals surface area contributed by atoms with Crippen molar-refractivity contribution in [3.05, 3.63) is 29.6 Å². The summed E-state index contributed by atoms with van der Waals surface area (Å²) in [6.45, 7) is 10.6. The Morgan fingerprint density at radius 1 is 1.39 bits per heavy atom. The van der Waals surface area contributed by atoms with Crippen LogP contribution in [0.15, 0.2) is 18.2 Å². The second-order valence-corrected chi connectivity index (χ2v) is 6.20. The van der Waals surface area contributed by atoms with Gasteiger partial charge >= 0.3 is 0 Å². The first-order chi connectivity index (χ1) is 8.37. The molecule has 1 atom stereocenters. The Balaban J connectivity index is 2.06. The Morgan fingerprint density at radius 3 is 2.78 bits per heavy atom. The van der Waals surface area contributed by atoms with E-state index < -0.39 is 0 Å². The largest absolute Gasteiger partial charge is 0.367 e. The van der Waals surface area contributed by atoms with Crippen LogP contribution in [0.2, 0.25) is 0 Å². The van der Waals surface area contributed by atoms with Gasteiger partial charge in [-0.15, -0.1) is 0 Å². The lowest BCUT2D eigenvalue weighted by atomic mass is 10.1. The van der Waals surface area contributed by atoms with Gasteiger partial charge in [-0.25, -0.2) is 4.39 Å². The van der Waals surface area contributed by atoms with Crippen molar-refractivity contribution in [2.75, 3.05) is 18.0 Å². The number of nitrogens with one attached hydrogen (secondary N) is 1. The molecule has 0 saturated heterocycles. The van der Waals surface area contributed by atoms with Crippen LogP contribution >= 0.6 is 0 Å². The molecule has 0 spiro atoms. The van der Waals surface area contributed by atoms with Gasteiger partial charge in [-0.2, -0.15) is 0 Å². The van der Waals surface area contributed by atoms with Gasteiger partial charge in [0.1, 0.15) is 5.82 Å². The quantitative estimate of drug-likeness (QED) is 0.887. The van der Waals surface area contributed by atoms with Crippen LogP contribution in [0.3, 0.4) is 0 Å². The van der Waals surface area contributed by atoms with E-state index in [9.17, 15) is 4.39 Å². The highest BCUT2D eigenvalue weighted by molar-refractivity contribution is 5.58. The average Bonchev–Trinajstić information content (AvgIpc) is 2.67. The molecule has 1 aliphatic heterocycles. The van der Waals surface area contributed by atoms with E-state index in [1.54, 1.807) is 12.1 Å². The summed E-state index contributed by atoms with van der Waals surface area (Å²) >= 11 is 0. The van der Waals surface area contributed by atoms with Gasteiger partial charge in [0.25, 0.3) is 0 Å². The molecule has 0 saturated carbocycles. The topological polar surface area (TPSA) is 15.3 Å². The number of nitrogens with zero attached hydrogens (tertiary/aromatic N) is 1. The third-order valence-electron chi connectivity index (χ3n) is 3.44. The standard InChI is InChI=1S/C15H23FN2/c1-11(10-17-15(2,3)4)18-8-7-12-5-6-13(16)9-14(12)18/h5-6,9,11,17H,7-8,10H2,1-4H3. The van der Waals surface area contributed by atoms with Crippen LogP contribution in [0, 0.1) is 5.82 Å². The van der Waals surface area contributed by atoms with Crippen molar-refractivity contribution in [3.63, 3.8) is 0 Å². The molecule has 1 aromatic carbocycles. The van der Waals surface area contributed by atoms with Crippen molar-refractivity contribution in [2.24, 2.45) is 0 Å². The van der Waals surface area contributed by atoms with Crippen molar-refractivity contribution in [2.45, 2.75) is 45.7 Å². The van der Waals surface area contributed by atoms with Crippen molar-refractivity contribution in [1.29, 1.82) is 0 Å². The number of rotatable bonds is 3. The maximum Gasteiger partial charge on any atom is 0.125 e. The van der Waals surface area contributed by atoms with E-state index in [-0.39, 0.29) is 11.4 Å². The van der Waals surface area contributed by atoms with E-state index in [2.05, 4.69) is 37.9 Å². The predicted molar refractivity (Wildman–Crippen MR) is 74.7 cm³/mol.